The smallest absolute Gasteiger partial charge is 0.364 e. The number of hydrogen-bond donors (Lipinski definition) is 1. The molecule has 5 aromatic rings. The lowest BCUT2D eigenvalue weighted by Gasteiger charge is -2.12. The van der Waals surface area contributed by atoms with Crippen LogP contribution in [0.4, 0.5) is 19.0 Å². The van der Waals surface area contributed by atoms with Crippen molar-refractivity contribution in [2.45, 2.75) is 26.2 Å². The second kappa shape index (κ2) is 9.66. The molecule has 0 bridgehead atoms. The Kier molecular flexibility index (Phi) is 6.33. The summed E-state index contributed by atoms with van der Waals surface area (Å²) < 4.78 is 48.1. The Morgan fingerprint density at radius 3 is 2.67 bits per heavy atom. The molecule has 5 heterocycles. The van der Waals surface area contributed by atoms with E-state index in [1.807, 2.05) is 0 Å². The molecule has 0 atom stereocenters. The van der Waals surface area contributed by atoms with Crippen LogP contribution in [0.3, 0.4) is 0 Å². The highest BCUT2D eigenvalue weighted by Crippen LogP contribution is 2.33. The third-order valence-electron chi connectivity index (χ3n) is 5.93. The van der Waals surface area contributed by atoms with Gasteiger partial charge in [-0.05, 0) is 25.1 Å². The first-order valence-corrected chi connectivity index (χ1v) is 11.4. The zero-order chi connectivity index (χ0) is 27.9. The summed E-state index contributed by atoms with van der Waals surface area (Å²) in [6.45, 7) is 0.761. The predicted molar refractivity (Wildman–Crippen MR) is 131 cm³/mol. The number of halogens is 3. The van der Waals surface area contributed by atoms with Crippen LogP contribution in [0.25, 0.3) is 22.4 Å². The van der Waals surface area contributed by atoms with E-state index in [4.69, 9.17) is 4.52 Å². The summed E-state index contributed by atoms with van der Waals surface area (Å²) in [6.07, 6.45) is -0.744. The maximum absolute atomic E-state index is 13.3. The fraction of sp³-hybridized carbons (Fsp3) is 0.208. The van der Waals surface area contributed by atoms with Crippen molar-refractivity contribution < 1.29 is 22.5 Å². The number of aromatic nitrogens is 7. The SMILES string of the molecule is Cc1ncc(-c2cccc(NC(=O)Cn3cnc4c3c(=O)n(Cc3ccon3)c(=O)n4C)n2)cc1C(F)(F)F. The van der Waals surface area contributed by atoms with Gasteiger partial charge in [0.2, 0.25) is 5.91 Å². The second-order valence-corrected chi connectivity index (χ2v) is 8.58. The Morgan fingerprint density at radius 2 is 1.95 bits per heavy atom. The van der Waals surface area contributed by atoms with Crippen LogP contribution in [-0.4, -0.2) is 39.7 Å². The number of anilines is 1. The highest BCUT2D eigenvalue weighted by Gasteiger charge is 2.33. The van der Waals surface area contributed by atoms with Crippen LogP contribution in [0.1, 0.15) is 17.0 Å². The molecule has 0 unspecified atom stereocenters. The summed E-state index contributed by atoms with van der Waals surface area (Å²) in [7, 11) is 1.44. The lowest BCUT2D eigenvalue weighted by molar-refractivity contribution is -0.138. The van der Waals surface area contributed by atoms with Gasteiger partial charge in [-0.15, -0.1) is 0 Å². The molecule has 0 fully saturated rings. The summed E-state index contributed by atoms with van der Waals surface area (Å²) in [5, 5.41) is 6.29. The van der Waals surface area contributed by atoms with Gasteiger partial charge in [0.15, 0.2) is 11.2 Å². The van der Waals surface area contributed by atoms with Crippen LogP contribution >= 0.6 is 0 Å². The van der Waals surface area contributed by atoms with Crippen molar-refractivity contribution in [2.24, 2.45) is 7.05 Å². The molecule has 0 radical (unpaired) electrons. The molecule has 39 heavy (non-hydrogen) atoms. The highest BCUT2D eigenvalue weighted by molar-refractivity contribution is 5.90. The number of alkyl halides is 3. The van der Waals surface area contributed by atoms with Gasteiger partial charge < -0.3 is 14.4 Å². The summed E-state index contributed by atoms with van der Waals surface area (Å²) >= 11 is 0. The van der Waals surface area contributed by atoms with E-state index in [9.17, 15) is 27.6 Å². The number of hydrogen-bond acceptors (Lipinski definition) is 8. The largest absolute Gasteiger partial charge is 0.418 e. The molecule has 5 aromatic heterocycles. The zero-order valence-corrected chi connectivity index (χ0v) is 20.4. The van der Waals surface area contributed by atoms with Crippen molar-refractivity contribution in [3.63, 3.8) is 0 Å². The summed E-state index contributed by atoms with van der Waals surface area (Å²) in [4.78, 5) is 50.9. The maximum atomic E-state index is 13.3. The molecule has 5 rings (SSSR count). The van der Waals surface area contributed by atoms with E-state index in [-0.39, 0.29) is 47.0 Å². The molecule has 0 aliphatic heterocycles. The van der Waals surface area contributed by atoms with Crippen molar-refractivity contribution in [2.75, 3.05) is 5.32 Å². The molecule has 200 valence electrons. The lowest BCUT2D eigenvalue weighted by Crippen LogP contribution is -2.40. The Bertz CT molecular complexity index is 1820. The number of carbonyl (C=O) groups is 1. The molecule has 0 spiro atoms. The standard InChI is InChI=1S/C24H19F3N8O4/c1-13-16(24(25,26)27)8-14(9-28-13)17-4-3-5-18(30-17)31-19(36)11-34-12-29-21-20(34)22(37)35(23(38)33(21)2)10-15-6-7-39-32-15/h3-9,12H,10-11H2,1-2H3,(H,30,31,36). The molecule has 12 nitrogen and oxygen atoms in total. The number of aryl methyl sites for hydroxylation is 2. The number of nitrogens with zero attached hydrogens (tertiary/aromatic N) is 7. The van der Waals surface area contributed by atoms with Crippen LogP contribution in [0.2, 0.25) is 0 Å². The van der Waals surface area contributed by atoms with Crippen molar-refractivity contribution >= 4 is 22.9 Å². The number of amides is 1. The van der Waals surface area contributed by atoms with Gasteiger partial charge in [0.05, 0.1) is 24.1 Å². The molecule has 0 saturated heterocycles. The molecular formula is C24H19F3N8O4. The van der Waals surface area contributed by atoms with Gasteiger partial charge in [0.1, 0.15) is 24.3 Å². The molecule has 0 aromatic carbocycles. The number of pyridine rings is 2. The average Bonchev–Trinajstić information content (AvgIpc) is 3.55. The lowest BCUT2D eigenvalue weighted by atomic mass is 10.1. The van der Waals surface area contributed by atoms with Gasteiger partial charge in [0, 0.05) is 30.6 Å². The maximum Gasteiger partial charge on any atom is 0.418 e. The van der Waals surface area contributed by atoms with Crippen molar-refractivity contribution in [1.82, 2.24) is 33.8 Å². The van der Waals surface area contributed by atoms with Crippen LogP contribution < -0.4 is 16.6 Å². The van der Waals surface area contributed by atoms with Gasteiger partial charge in [-0.3, -0.25) is 23.7 Å². The van der Waals surface area contributed by atoms with E-state index in [1.165, 1.54) is 66.2 Å². The number of nitrogens with one attached hydrogen (secondary N) is 1. The third kappa shape index (κ3) is 4.93. The second-order valence-electron chi connectivity index (χ2n) is 8.58. The summed E-state index contributed by atoms with van der Waals surface area (Å²) in [5.74, 6) is -0.514. The summed E-state index contributed by atoms with van der Waals surface area (Å²) in [5.41, 5.74) is -1.59. The van der Waals surface area contributed by atoms with Crippen molar-refractivity contribution in [3.05, 3.63) is 86.9 Å². The van der Waals surface area contributed by atoms with E-state index in [2.05, 4.69) is 25.4 Å². The fourth-order valence-electron chi connectivity index (χ4n) is 4.02. The van der Waals surface area contributed by atoms with Crippen LogP contribution in [-0.2, 0) is 31.1 Å². The van der Waals surface area contributed by atoms with Gasteiger partial charge in [0.25, 0.3) is 5.56 Å². The quantitative estimate of drug-likeness (QED) is 0.346. The minimum absolute atomic E-state index is 0.0165. The Hall–Kier alpha value is -5.08. The molecular weight excluding hydrogens is 521 g/mol. The Labute approximate surface area is 216 Å². The molecule has 0 saturated carbocycles. The monoisotopic (exact) mass is 540 g/mol. The normalized spacial score (nSPS) is 11.7. The van der Waals surface area contributed by atoms with Gasteiger partial charge in [-0.1, -0.05) is 11.2 Å². The molecule has 1 N–H and O–H groups in total. The number of rotatable bonds is 6. The first kappa shape index (κ1) is 25.6. The Morgan fingerprint density at radius 1 is 1.15 bits per heavy atom. The van der Waals surface area contributed by atoms with Crippen LogP contribution in [0.15, 0.2) is 63.2 Å². The van der Waals surface area contributed by atoms with E-state index in [0.717, 1.165) is 10.6 Å². The van der Waals surface area contributed by atoms with Crippen LogP contribution in [0, 0.1) is 6.92 Å². The number of imidazole rings is 1. The van der Waals surface area contributed by atoms with Crippen LogP contribution in [0.5, 0.6) is 0 Å². The van der Waals surface area contributed by atoms with E-state index >= 15 is 0 Å². The van der Waals surface area contributed by atoms with Crippen molar-refractivity contribution in [3.8, 4) is 11.3 Å². The van der Waals surface area contributed by atoms with Gasteiger partial charge >= 0.3 is 11.9 Å². The molecule has 1 amide bonds. The topological polar surface area (TPSA) is 143 Å². The molecule has 15 heteroatoms. The fourth-order valence-corrected chi connectivity index (χ4v) is 4.02. The zero-order valence-electron chi connectivity index (χ0n) is 20.4. The molecule has 0 aliphatic rings. The van der Waals surface area contributed by atoms with Gasteiger partial charge in [-0.25, -0.2) is 14.8 Å². The Balaban J connectivity index is 1.41. The first-order valence-electron chi connectivity index (χ1n) is 11.4. The number of carbonyl (C=O) groups excluding carboxylic acids is 1. The third-order valence-corrected chi connectivity index (χ3v) is 5.93. The predicted octanol–water partition coefficient (Wildman–Crippen LogP) is 2.36. The number of fused-ring (bicyclic) bond motifs is 1. The summed E-state index contributed by atoms with van der Waals surface area (Å²) in [6, 6.07) is 6.94. The molecule has 0 aliphatic carbocycles. The minimum Gasteiger partial charge on any atom is -0.364 e. The minimum atomic E-state index is -4.58. The average molecular weight is 540 g/mol. The van der Waals surface area contributed by atoms with E-state index < -0.39 is 28.9 Å². The first-order chi connectivity index (χ1) is 18.5. The highest BCUT2D eigenvalue weighted by atomic mass is 19.4. The van der Waals surface area contributed by atoms with Gasteiger partial charge in [-0.2, -0.15) is 13.2 Å². The van der Waals surface area contributed by atoms with E-state index in [0.29, 0.717) is 5.69 Å². The van der Waals surface area contributed by atoms with E-state index in [1.54, 1.807) is 0 Å². The van der Waals surface area contributed by atoms with Crippen molar-refractivity contribution in [1.29, 1.82) is 0 Å².